The van der Waals surface area contributed by atoms with Crippen molar-refractivity contribution >= 4 is 33.2 Å². The fraction of sp³-hybridized carbons (Fsp3) is 0.455. The number of carboxylic acid groups (broad SMARTS) is 1. The Balaban J connectivity index is 2.15. The number of carbonyl (C=O) groups excluding carboxylic acids is 1. The quantitative estimate of drug-likeness (QED) is 0.829. The van der Waals surface area contributed by atoms with Crippen LogP contribution in [0.4, 0.5) is 0 Å². The van der Waals surface area contributed by atoms with Crippen LogP contribution in [0.1, 0.15) is 23.2 Å². The SMILES string of the molecule is NC(=O)C1CCN(S(=O)(=O)c2cc(C(=O)O)cs2)CC1. The van der Waals surface area contributed by atoms with Crippen LogP contribution in [0.5, 0.6) is 0 Å². The minimum atomic E-state index is -3.69. The molecule has 1 fully saturated rings. The summed E-state index contributed by atoms with van der Waals surface area (Å²) in [6.07, 6.45) is 0.789. The summed E-state index contributed by atoms with van der Waals surface area (Å²) in [4.78, 5) is 21.8. The number of nitrogens with two attached hydrogens (primary N) is 1. The van der Waals surface area contributed by atoms with E-state index in [1.54, 1.807) is 0 Å². The molecule has 9 heteroatoms. The van der Waals surface area contributed by atoms with Crippen molar-refractivity contribution in [3.63, 3.8) is 0 Å². The van der Waals surface area contributed by atoms with Gasteiger partial charge in [0.05, 0.1) is 5.56 Å². The van der Waals surface area contributed by atoms with Crippen molar-refractivity contribution in [1.29, 1.82) is 0 Å². The lowest BCUT2D eigenvalue weighted by Gasteiger charge is -2.29. The second-order valence-electron chi connectivity index (χ2n) is 4.54. The molecule has 0 bridgehead atoms. The van der Waals surface area contributed by atoms with Gasteiger partial charge >= 0.3 is 5.97 Å². The van der Waals surface area contributed by atoms with E-state index in [0.29, 0.717) is 12.8 Å². The molecule has 1 aromatic rings. The average Bonchev–Trinajstić information content (AvgIpc) is 2.89. The summed E-state index contributed by atoms with van der Waals surface area (Å²) in [5.41, 5.74) is 5.16. The van der Waals surface area contributed by atoms with E-state index in [-0.39, 0.29) is 28.8 Å². The molecule has 0 radical (unpaired) electrons. The summed E-state index contributed by atoms with van der Waals surface area (Å²) in [5.74, 6) is -1.86. The van der Waals surface area contributed by atoms with Crippen molar-refractivity contribution in [3.05, 3.63) is 17.0 Å². The van der Waals surface area contributed by atoms with Crippen LogP contribution in [0, 0.1) is 5.92 Å². The van der Waals surface area contributed by atoms with Gasteiger partial charge in [-0.2, -0.15) is 4.31 Å². The normalized spacial score (nSPS) is 18.0. The third-order valence-electron chi connectivity index (χ3n) is 3.27. The predicted octanol–water partition coefficient (Wildman–Crippen LogP) is 0.332. The minimum absolute atomic E-state index is 0.00688. The lowest BCUT2D eigenvalue weighted by atomic mass is 9.98. The van der Waals surface area contributed by atoms with E-state index in [9.17, 15) is 18.0 Å². The molecule has 2 rings (SSSR count). The number of piperidine rings is 1. The molecular formula is C11H14N2O5S2. The van der Waals surface area contributed by atoms with Crippen molar-refractivity contribution in [2.75, 3.05) is 13.1 Å². The monoisotopic (exact) mass is 318 g/mol. The van der Waals surface area contributed by atoms with Crippen LogP contribution in [0.3, 0.4) is 0 Å². The number of thiophene rings is 1. The number of hydrogen-bond acceptors (Lipinski definition) is 5. The average molecular weight is 318 g/mol. The van der Waals surface area contributed by atoms with Crippen molar-refractivity contribution in [3.8, 4) is 0 Å². The Morgan fingerprint density at radius 1 is 1.35 bits per heavy atom. The molecule has 0 aliphatic carbocycles. The molecule has 110 valence electrons. The predicted molar refractivity (Wildman–Crippen MR) is 72.0 cm³/mol. The summed E-state index contributed by atoms with van der Waals surface area (Å²) in [6, 6.07) is 1.16. The molecule has 7 nitrogen and oxygen atoms in total. The fourth-order valence-electron chi connectivity index (χ4n) is 2.07. The smallest absolute Gasteiger partial charge is 0.336 e. The molecule has 1 aromatic heterocycles. The molecule has 0 aromatic carbocycles. The minimum Gasteiger partial charge on any atom is -0.478 e. The molecule has 1 aliphatic heterocycles. The van der Waals surface area contributed by atoms with Crippen LogP contribution >= 0.6 is 11.3 Å². The molecule has 2 heterocycles. The number of carbonyl (C=O) groups is 2. The van der Waals surface area contributed by atoms with E-state index in [0.717, 1.165) is 17.4 Å². The number of amides is 1. The second kappa shape index (κ2) is 5.51. The Morgan fingerprint density at radius 3 is 2.40 bits per heavy atom. The Morgan fingerprint density at radius 2 is 1.95 bits per heavy atom. The van der Waals surface area contributed by atoms with Gasteiger partial charge in [0.25, 0.3) is 10.0 Å². The Kier molecular flexibility index (Phi) is 4.11. The van der Waals surface area contributed by atoms with E-state index in [4.69, 9.17) is 10.8 Å². The van der Waals surface area contributed by atoms with Gasteiger partial charge in [-0.1, -0.05) is 0 Å². The molecule has 0 saturated carbocycles. The van der Waals surface area contributed by atoms with Crippen molar-refractivity contribution in [2.45, 2.75) is 17.1 Å². The Hall–Kier alpha value is -1.45. The summed E-state index contributed by atoms with van der Waals surface area (Å²) < 4.78 is 25.9. The van der Waals surface area contributed by atoms with Gasteiger partial charge in [-0.05, 0) is 18.9 Å². The highest BCUT2D eigenvalue weighted by Gasteiger charge is 2.32. The molecule has 0 spiro atoms. The van der Waals surface area contributed by atoms with Gasteiger partial charge in [0, 0.05) is 24.4 Å². The first kappa shape index (κ1) is 14.9. The number of sulfonamides is 1. The van der Waals surface area contributed by atoms with Crippen molar-refractivity contribution in [1.82, 2.24) is 4.31 Å². The molecule has 0 atom stereocenters. The lowest BCUT2D eigenvalue weighted by molar-refractivity contribution is -0.122. The maximum absolute atomic E-state index is 12.3. The van der Waals surface area contributed by atoms with Gasteiger partial charge in [0.2, 0.25) is 5.91 Å². The first-order valence-corrected chi connectivity index (χ1v) is 8.25. The highest BCUT2D eigenvalue weighted by atomic mass is 32.2. The van der Waals surface area contributed by atoms with Crippen molar-refractivity contribution < 1.29 is 23.1 Å². The van der Waals surface area contributed by atoms with Crippen molar-refractivity contribution in [2.24, 2.45) is 11.7 Å². The zero-order chi connectivity index (χ0) is 14.9. The number of primary amides is 1. The molecule has 1 saturated heterocycles. The van der Waals surface area contributed by atoms with Gasteiger partial charge < -0.3 is 10.8 Å². The first-order valence-electron chi connectivity index (χ1n) is 5.93. The Bertz CT molecular complexity index is 629. The summed E-state index contributed by atoms with van der Waals surface area (Å²) >= 11 is 0.883. The third kappa shape index (κ3) is 2.84. The Labute approximate surface area is 120 Å². The number of nitrogens with zero attached hydrogens (tertiary/aromatic N) is 1. The third-order valence-corrected chi connectivity index (χ3v) is 6.59. The van der Waals surface area contributed by atoms with Gasteiger partial charge in [-0.25, -0.2) is 13.2 Å². The zero-order valence-corrected chi connectivity index (χ0v) is 12.1. The topological polar surface area (TPSA) is 118 Å². The van der Waals surface area contributed by atoms with Crippen LogP contribution in [-0.2, 0) is 14.8 Å². The van der Waals surface area contributed by atoms with Gasteiger partial charge in [0.15, 0.2) is 0 Å². The highest BCUT2D eigenvalue weighted by molar-refractivity contribution is 7.91. The van der Waals surface area contributed by atoms with Crippen LogP contribution in [0.25, 0.3) is 0 Å². The fourth-order valence-corrected chi connectivity index (χ4v) is 4.85. The highest BCUT2D eigenvalue weighted by Crippen LogP contribution is 2.27. The summed E-state index contributed by atoms with van der Waals surface area (Å²) in [6.45, 7) is 0.437. The summed E-state index contributed by atoms with van der Waals surface area (Å²) in [5, 5.41) is 10.1. The largest absolute Gasteiger partial charge is 0.478 e. The molecular weight excluding hydrogens is 304 g/mol. The van der Waals surface area contributed by atoms with Crippen LogP contribution in [-0.4, -0.2) is 42.8 Å². The second-order valence-corrected chi connectivity index (χ2v) is 7.62. The van der Waals surface area contributed by atoms with Gasteiger partial charge in [0.1, 0.15) is 4.21 Å². The molecule has 0 unspecified atom stereocenters. The van der Waals surface area contributed by atoms with Gasteiger partial charge in [-0.3, -0.25) is 4.79 Å². The van der Waals surface area contributed by atoms with Crippen LogP contribution < -0.4 is 5.73 Å². The van der Waals surface area contributed by atoms with Crippen LogP contribution in [0.15, 0.2) is 15.7 Å². The van der Waals surface area contributed by atoms with Gasteiger partial charge in [-0.15, -0.1) is 11.3 Å². The first-order chi connectivity index (χ1) is 9.32. The molecule has 3 N–H and O–H groups in total. The van der Waals surface area contributed by atoms with Crippen LogP contribution in [0.2, 0.25) is 0 Å². The standard InChI is InChI=1S/C11H14N2O5S2/c12-10(14)7-1-3-13(4-2-7)20(17,18)9-5-8(6-19-9)11(15)16/h5-7H,1-4H2,(H2,12,14)(H,15,16). The van der Waals surface area contributed by atoms with E-state index >= 15 is 0 Å². The molecule has 1 amide bonds. The number of carboxylic acids is 1. The molecule has 20 heavy (non-hydrogen) atoms. The maximum Gasteiger partial charge on any atom is 0.336 e. The number of hydrogen-bond donors (Lipinski definition) is 2. The summed E-state index contributed by atoms with van der Waals surface area (Å²) in [7, 11) is -3.69. The molecule has 1 aliphatic rings. The number of aromatic carboxylic acids is 1. The van der Waals surface area contributed by atoms with E-state index in [1.807, 2.05) is 0 Å². The zero-order valence-electron chi connectivity index (χ0n) is 10.5. The van der Waals surface area contributed by atoms with E-state index in [1.165, 1.54) is 9.69 Å². The lowest BCUT2D eigenvalue weighted by Crippen LogP contribution is -2.41. The maximum atomic E-state index is 12.3. The van der Waals surface area contributed by atoms with E-state index < -0.39 is 21.9 Å². The van der Waals surface area contributed by atoms with E-state index in [2.05, 4.69) is 0 Å². The number of rotatable bonds is 4.